The van der Waals surface area contributed by atoms with Crippen LogP contribution in [0, 0.1) is 0 Å². The highest BCUT2D eigenvalue weighted by atomic mass is 19.4. The number of halogens is 5. The van der Waals surface area contributed by atoms with Crippen LogP contribution >= 0.6 is 0 Å². The highest BCUT2D eigenvalue weighted by Gasteiger charge is 2.32. The average molecular weight is 492 g/mol. The van der Waals surface area contributed by atoms with E-state index in [0.29, 0.717) is 29.7 Å². The van der Waals surface area contributed by atoms with Crippen LogP contribution in [0.5, 0.6) is 5.75 Å². The van der Waals surface area contributed by atoms with Gasteiger partial charge in [0.25, 0.3) is 0 Å². The van der Waals surface area contributed by atoms with Crippen LogP contribution in [-0.4, -0.2) is 18.6 Å². The second kappa shape index (κ2) is 11.8. The van der Waals surface area contributed by atoms with Gasteiger partial charge in [-0.1, -0.05) is 55.1 Å². The molecule has 0 aliphatic rings. The van der Waals surface area contributed by atoms with Crippen molar-refractivity contribution in [2.45, 2.75) is 37.7 Å². The minimum atomic E-state index is -4.51. The van der Waals surface area contributed by atoms with Gasteiger partial charge in [0.15, 0.2) is 0 Å². The molecule has 3 rings (SSSR count). The number of likely N-dealkylation sites (N-methyl/N-ethyl adjacent to an activating group) is 1. The Morgan fingerprint density at radius 2 is 1.71 bits per heavy atom. The molecule has 0 aliphatic carbocycles. The summed E-state index contributed by atoms with van der Waals surface area (Å²) in [4.78, 5) is 3.52. The Hall–Kier alpha value is -3.46. The Labute approximate surface area is 200 Å². The predicted octanol–water partition coefficient (Wildman–Crippen LogP) is 6.44. The van der Waals surface area contributed by atoms with Crippen molar-refractivity contribution in [3.05, 3.63) is 108 Å². The van der Waals surface area contributed by atoms with Gasteiger partial charge in [-0.05, 0) is 47.7 Å². The first-order chi connectivity index (χ1) is 16.7. The van der Waals surface area contributed by atoms with E-state index in [2.05, 4.69) is 26.9 Å². The fourth-order valence-electron chi connectivity index (χ4n) is 3.69. The molecule has 3 aromatic rings. The number of aromatic nitrogens is 1. The summed E-state index contributed by atoms with van der Waals surface area (Å²) in [5.74, 6) is 0.0178. The van der Waals surface area contributed by atoms with Gasteiger partial charge in [0, 0.05) is 25.0 Å². The summed E-state index contributed by atoms with van der Waals surface area (Å²) in [6.07, 6.45) is -2.45. The summed E-state index contributed by atoms with van der Waals surface area (Å²) in [6, 6.07) is 17.6. The maximum absolute atomic E-state index is 12.8. The number of nitrogens with one attached hydrogen (secondary N) is 2. The number of ether oxygens (including phenoxy) is 1. The molecule has 0 saturated heterocycles. The molecule has 0 aliphatic heterocycles. The molecule has 1 unspecified atom stereocenters. The second-order valence-corrected chi connectivity index (χ2v) is 7.88. The second-order valence-electron chi connectivity index (χ2n) is 7.88. The van der Waals surface area contributed by atoms with E-state index in [1.165, 1.54) is 24.4 Å². The van der Waals surface area contributed by atoms with Crippen molar-refractivity contribution in [2.75, 3.05) is 7.05 Å². The monoisotopic (exact) mass is 491 g/mol. The Balaban J connectivity index is 1.88. The van der Waals surface area contributed by atoms with Crippen LogP contribution < -0.4 is 15.4 Å². The van der Waals surface area contributed by atoms with Gasteiger partial charge < -0.3 is 10.1 Å². The Bertz CT molecular complexity index is 1090. The van der Waals surface area contributed by atoms with E-state index in [0.717, 1.165) is 11.6 Å². The SMILES string of the molecule is C=C(NC)C(N[C@@H](CCc1ccc(C(F)(F)F)nc1)c1cccc(OC(F)F)c1)c1ccccc1. The maximum atomic E-state index is 12.8. The van der Waals surface area contributed by atoms with Gasteiger partial charge in [0.2, 0.25) is 0 Å². The van der Waals surface area contributed by atoms with Crippen molar-refractivity contribution in [1.29, 1.82) is 0 Å². The van der Waals surface area contributed by atoms with Crippen molar-refractivity contribution >= 4 is 0 Å². The molecule has 2 aromatic carbocycles. The van der Waals surface area contributed by atoms with E-state index in [1.54, 1.807) is 19.2 Å². The number of hydrogen-bond acceptors (Lipinski definition) is 4. The summed E-state index contributed by atoms with van der Waals surface area (Å²) in [7, 11) is 1.75. The summed E-state index contributed by atoms with van der Waals surface area (Å²) >= 11 is 0. The molecule has 0 saturated carbocycles. The molecule has 186 valence electrons. The lowest BCUT2D eigenvalue weighted by atomic mass is 9.96. The average Bonchev–Trinajstić information content (AvgIpc) is 2.84. The van der Waals surface area contributed by atoms with E-state index in [4.69, 9.17) is 0 Å². The van der Waals surface area contributed by atoms with Crippen LogP contribution in [0.25, 0.3) is 0 Å². The minimum absolute atomic E-state index is 0.0178. The molecule has 1 heterocycles. The van der Waals surface area contributed by atoms with E-state index >= 15 is 0 Å². The fourth-order valence-corrected chi connectivity index (χ4v) is 3.69. The smallest absolute Gasteiger partial charge is 0.433 e. The molecule has 1 aromatic heterocycles. The quantitative estimate of drug-likeness (QED) is 0.303. The van der Waals surface area contributed by atoms with E-state index in [1.807, 2.05) is 30.3 Å². The number of rotatable bonds is 11. The Morgan fingerprint density at radius 1 is 1.00 bits per heavy atom. The van der Waals surface area contributed by atoms with Crippen molar-refractivity contribution < 1.29 is 26.7 Å². The normalized spacial score (nSPS) is 13.3. The maximum Gasteiger partial charge on any atom is 0.433 e. The summed E-state index contributed by atoms with van der Waals surface area (Å²) in [6.45, 7) is 1.13. The zero-order valence-electron chi connectivity index (χ0n) is 19.0. The molecular weight excluding hydrogens is 465 g/mol. The molecule has 0 bridgehead atoms. The lowest BCUT2D eigenvalue weighted by molar-refractivity contribution is -0.141. The largest absolute Gasteiger partial charge is 0.435 e. The molecule has 35 heavy (non-hydrogen) atoms. The minimum Gasteiger partial charge on any atom is -0.435 e. The van der Waals surface area contributed by atoms with Crippen molar-refractivity contribution in [2.24, 2.45) is 0 Å². The number of benzene rings is 2. The molecule has 9 heteroatoms. The molecule has 4 nitrogen and oxygen atoms in total. The standard InChI is InChI=1S/C26H26F5N3O/c1-17(32-2)24(19-7-4-3-5-8-19)34-22(20-9-6-10-21(15-20)35-25(27)28)13-11-18-12-14-23(33-16-18)26(29,30)31/h3-10,12,14-16,22,24-25,32,34H,1,11,13H2,2H3/t22-,24?/m0/s1. The molecule has 2 atom stereocenters. The van der Waals surface area contributed by atoms with Gasteiger partial charge in [-0.2, -0.15) is 22.0 Å². The first kappa shape index (κ1) is 26.2. The third kappa shape index (κ3) is 7.51. The molecule has 0 amide bonds. The topological polar surface area (TPSA) is 46.2 Å². The van der Waals surface area contributed by atoms with Crippen molar-refractivity contribution in [3.8, 4) is 5.75 Å². The highest BCUT2D eigenvalue weighted by molar-refractivity contribution is 5.33. The van der Waals surface area contributed by atoms with Crippen molar-refractivity contribution in [3.63, 3.8) is 0 Å². The van der Waals surface area contributed by atoms with Crippen LogP contribution in [0.2, 0.25) is 0 Å². The molecular formula is C26H26F5N3O. The van der Waals surface area contributed by atoms with Gasteiger partial charge in [-0.15, -0.1) is 0 Å². The van der Waals surface area contributed by atoms with Crippen LogP contribution in [0.3, 0.4) is 0 Å². The Morgan fingerprint density at radius 3 is 2.31 bits per heavy atom. The summed E-state index contributed by atoms with van der Waals surface area (Å²) in [5.41, 5.74) is 1.98. The first-order valence-electron chi connectivity index (χ1n) is 10.9. The molecule has 0 fully saturated rings. The van der Waals surface area contributed by atoms with Gasteiger partial charge in [-0.25, -0.2) is 0 Å². The van der Waals surface area contributed by atoms with Crippen LogP contribution in [-0.2, 0) is 12.6 Å². The van der Waals surface area contributed by atoms with Crippen LogP contribution in [0.15, 0.2) is 85.2 Å². The zero-order chi connectivity index (χ0) is 25.4. The summed E-state index contributed by atoms with van der Waals surface area (Å²) < 4.78 is 68.7. The van der Waals surface area contributed by atoms with Gasteiger partial charge in [0.05, 0.1) is 6.04 Å². The lowest BCUT2D eigenvalue weighted by Crippen LogP contribution is -2.31. The highest BCUT2D eigenvalue weighted by Crippen LogP contribution is 2.30. The third-order valence-corrected chi connectivity index (χ3v) is 5.49. The Kier molecular flexibility index (Phi) is 8.81. The fraction of sp³-hybridized carbons (Fsp3) is 0.269. The van der Waals surface area contributed by atoms with E-state index in [9.17, 15) is 22.0 Å². The molecule has 2 N–H and O–H groups in total. The lowest BCUT2D eigenvalue weighted by Gasteiger charge is -2.28. The van der Waals surface area contributed by atoms with Gasteiger partial charge in [0.1, 0.15) is 11.4 Å². The third-order valence-electron chi connectivity index (χ3n) is 5.49. The van der Waals surface area contributed by atoms with Gasteiger partial charge in [-0.3, -0.25) is 10.3 Å². The molecule has 0 radical (unpaired) electrons. The number of hydrogen-bond donors (Lipinski definition) is 2. The van der Waals surface area contributed by atoms with Crippen molar-refractivity contribution in [1.82, 2.24) is 15.6 Å². The molecule has 0 spiro atoms. The number of nitrogens with zero attached hydrogens (tertiary/aromatic N) is 1. The number of aryl methyl sites for hydroxylation is 1. The summed E-state index contributed by atoms with van der Waals surface area (Å²) in [5, 5.41) is 6.57. The first-order valence-corrected chi connectivity index (χ1v) is 10.9. The van der Waals surface area contributed by atoms with E-state index < -0.39 is 18.5 Å². The number of alkyl halides is 5. The number of pyridine rings is 1. The van der Waals surface area contributed by atoms with Gasteiger partial charge >= 0.3 is 12.8 Å². The zero-order valence-corrected chi connectivity index (χ0v) is 19.0. The predicted molar refractivity (Wildman–Crippen MR) is 124 cm³/mol. The van der Waals surface area contributed by atoms with Crippen LogP contribution in [0.1, 0.15) is 40.9 Å². The van der Waals surface area contributed by atoms with E-state index in [-0.39, 0.29) is 17.8 Å². The van der Waals surface area contributed by atoms with Crippen LogP contribution in [0.4, 0.5) is 22.0 Å².